The second-order valence-electron chi connectivity index (χ2n) is 5.82. The van der Waals surface area contributed by atoms with Gasteiger partial charge in [-0.05, 0) is 49.7 Å². The van der Waals surface area contributed by atoms with Crippen molar-refractivity contribution in [3.8, 4) is 11.3 Å². The maximum absolute atomic E-state index is 13.0. The van der Waals surface area contributed by atoms with Gasteiger partial charge in [-0.15, -0.1) is 12.4 Å². The molecule has 2 aromatic rings. The van der Waals surface area contributed by atoms with Crippen molar-refractivity contribution >= 4 is 18.3 Å². The van der Waals surface area contributed by atoms with E-state index in [1.54, 1.807) is 18.2 Å². The molecule has 0 bridgehead atoms. The molecule has 2 N–H and O–H groups in total. The highest BCUT2D eigenvalue weighted by Crippen LogP contribution is 2.20. The second-order valence-corrected chi connectivity index (χ2v) is 5.82. The predicted molar refractivity (Wildman–Crippen MR) is 93.8 cm³/mol. The van der Waals surface area contributed by atoms with Gasteiger partial charge in [0.05, 0.1) is 5.69 Å². The lowest BCUT2D eigenvalue weighted by Crippen LogP contribution is -2.42. The van der Waals surface area contributed by atoms with Gasteiger partial charge in [0.2, 0.25) is 0 Å². The first-order valence-electron chi connectivity index (χ1n) is 8.02. The number of hydrogen-bond acceptors (Lipinski definition) is 3. The van der Waals surface area contributed by atoms with Crippen molar-refractivity contribution < 1.29 is 9.18 Å². The van der Waals surface area contributed by atoms with Crippen LogP contribution in [0.15, 0.2) is 30.3 Å². The van der Waals surface area contributed by atoms with Gasteiger partial charge in [-0.25, -0.2) is 4.39 Å². The topological polar surface area (TPSA) is 61.0 Å². The van der Waals surface area contributed by atoms with E-state index in [1.807, 2.05) is 4.90 Å². The Hall–Kier alpha value is -1.92. The van der Waals surface area contributed by atoms with E-state index in [0.29, 0.717) is 11.4 Å². The zero-order valence-electron chi connectivity index (χ0n) is 13.6. The number of carbonyl (C=O) groups is 1. The van der Waals surface area contributed by atoms with E-state index >= 15 is 0 Å². The highest BCUT2D eigenvalue weighted by Gasteiger charge is 2.27. The molecule has 0 radical (unpaired) electrons. The molecule has 1 aliphatic rings. The minimum atomic E-state index is -0.288. The van der Waals surface area contributed by atoms with Crippen LogP contribution in [0, 0.1) is 5.82 Å². The summed E-state index contributed by atoms with van der Waals surface area (Å²) in [7, 11) is 0. The summed E-state index contributed by atoms with van der Waals surface area (Å²) in [4.78, 5) is 14.7. The highest BCUT2D eigenvalue weighted by molar-refractivity contribution is 5.93. The standard InChI is InChI=1S/C17H21FN4O.ClH/c1-2-9-22(14-7-8-19-11-14)17(23)16-10-15(20-21-16)12-3-5-13(18)6-4-12;/h3-6,10,14,19H,2,7-9,11H2,1H3,(H,20,21);1H. The summed E-state index contributed by atoms with van der Waals surface area (Å²) in [6, 6.07) is 8.06. The molecule has 1 fully saturated rings. The third kappa shape index (κ3) is 3.94. The number of nitrogens with one attached hydrogen (secondary N) is 2. The molecule has 0 saturated carbocycles. The van der Waals surface area contributed by atoms with Gasteiger partial charge in [-0.3, -0.25) is 9.89 Å². The summed E-state index contributed by atoms with van der Waals surface area (Å²) < 4.78 is 13.0. The Morgan fingerprint density at radius 2 is 2.12 bits per heavy atom. The summed E-state index contributed by atoms with van der Waals surface area (Å²) in [6.07, 6.45) is 1.89. The van der Waals surface area contributed by atoms with E-state index < -0.39 is 0 Å². The first kappa shape index (κ1) is 18.4. The van der Waals surface area contributed by atoms with Crippen molar-refractivity contribution in [2.45, 2.75) is 25.8 Å². The number of H-pyrrole nitrogens is 1. The Morgan fingerprint density at radius 1 is 1.38 bits per heavy atom. The van der Waals surface area contributed by atoms with Gasteiger partial charge < -0.3 is 10.2 Å². The number of benzene rings is 1. The van der Waals surface area contributed by atoms with Gasteiger partial charge >= 0.3 is 0 Å². The fraction of sp³-hybridized carbons (Fsp3) is 0.412. The van der Waals surface area contributed by atoms with Gasteiger partial charge in [-0.2, -0.15) is 5.10 Å². The Morgan fingerprint density at radius 3 is 2.75 bits per heavy atom. The molecule has 0 spiro atoms. The summed E-state index contributed by atoms with van der Waals surface area (Å²) in [6.45, 7) is 4.59. The van der Waals surface area contributed by atoms with Gasteiger partial charge in [0, 0.05) is 24.7 Å². The van der Waals surface area contributed by atoms with Crippen molar-refractivity contribution in [2.24, 2.45) is 0 Å². The van der Waals surface area contributed by atoms with Crippen LogP contribution in [-0.2, 0) is 0 Å². The quantitative estimate of drug-likeness (QED) is 0.869. The minimum absolute atomic E-state index is 0. The van der Waals surface area contributed by atoms with E-state index in [1.165, 1.54) is 12.1 Å². The summed E-state index contributed by atoms with van der Waals surface area (Å²) in [5.74, 6) is -0.315. The van der Waals surface area contributed by atoms with Crippen molar-refractivity contribution in [3.05, 3.63) is 41.8 Å². The van der Waals surface area contributed by atoms with Crippen LogP contribution in [0.3, 0.4) is 0 Å². The molecule has 7 heteroatoms. The van der Waals surface area contributed by atoms with Crippen LogP contribution < -0.4 is 5.32 Å². The molecule has 1 aromatic heterocycles. The number of amides is 1. The Labute approximate surface area is 147 Å². The van der Waals surface area contributed by atoms with E-state index in [2.05, 4.69) is 22.4 Å². The van der Waals surface area contributed by atoms with Crippen molar-refractivity contribution in [1.82, 2.24) is 20.4 Å². The zero-order valence-corrected chi connectivity index (χ0v) is 14.4. The lowest BCUT2D eigenvalue weighted by molar-refractivity contribution is 0.0686. The van der Waals surface area contributed by atoms with Gasteiger partial charge in [-0.1, -0.05) is 6.92 Å². The van der Waals surface area contributed by atoms with E-state index in [0.717, 1.165) is 38.0 Å². The van der Waals surface area contributed by atoms with Crippen LogP contribution in [-0.4, -0.2) is 46.7 Å². The SMILES string of the molecule is CCCN(C(=O)c1cc(-c2ccc(F)cc2)n[nH]1)C1CCNC1.Cl. The minimum Gasteiger partial charge on any atom is -0.333 e. The van der Waals surface area contributed by atoms with E-state index in [4.69, 9.17) is 0 Å². The molecule has 24 heavy (non-hydrogen) atoms. The maximum atomic E-state index is 13.0. The molecule has 1 atom stereocenters. The van der Waals surface area contributed by atoms with Gasteiger partial charge in [0.1, 0.15) is 11.5 Å². The predicted octanol–water partition coefficient (Wildman–Crippen LogP) is 2.85. The average molecular weight is 353 g/mol. The lowest BCUT2D eigenvalue weighted by Gasteiger charge is -2.27. The highest BCUT2D eigenvalue weighted by atomic mass is 35.5. The molecule has 5 nitrogen and oxygen atoms in total. The Kier molecular flexibility index (Phi) is 6.34. The maximum Gasteiger partial charge on any atom is 0.272 e. The van der Waals surface area contributed by atoms with Crippen molar-refractivity contribution in [2.75, 3.05) is 19.6 Å². The summed E-state index contributed by atoms with van der Waals surface area (Å²) in [5, 5.41) is 10.3. The van der Waals surface area contributed by atoms with Gasteiger partial charge in [0.15, 0.2) is 0 Å². The molecule has 1 unspecified atom stereocenters. The van der Waals surface area contributed by atoms with E-state index in [-0.39, 0.29) is 30.2 Å². The normalized spacial score (nSPS) is 16.7. The number of carbonyl (C=O) groups excluding carboxylic acids is 1. The first-order chi connectivity index (χ1) is 11.2. The number of aromatic amines is 1. The fourth-order valence-electron chi connectivity index (χ4n) is 2.95. The zero-order chi connectivity index (χ0) is 16.2. The molecule has 1 aromatic carbocycles. The van der Waals surface area contributed by atoms with E-state index in [9.17, 15) is 9.18 Å². The van der Waals surface area contributed by atoms with Crippen LogP contribution in [0.1, 0.15) is 30.3 Å². The van der Waals surface area contributed by atoms with Crippen LogP contribution in [0.5, 0.6) is 0 Å². The molecule has 2 heterocycles. The second kappa shape index (κ2) is 8.26. The Bertz CT molecular complexity index is 667. The number of nitrogens with zero attached hydrogens (tertiary/aromatic N) is 2. The molecule has 3 rings (SSSR count). The van der Waals surface area contributed by atoms with Gasteiger partial charge in [0.25, 0.3) is 5.91 Å². The van der Waals surface area contributed by atoms with Crippen molar-refractivity contribution in [3.63, 3.8) is 0 Å². The van der Waals surface area contributed by atoms with Crippen LogP contribution in [0.4, 0.5) is 4.39 Å². The number of rotatable bonds is 5. The first-order valence-corrected chi connectivity index (χ1v) is 8.02. The largest absolute Gasteiger partial charge is 0.333 e. The molecule has 130 valence electrons. The smallest absolute Gasteiger partial charge is 0.272 e. The van der Waals surface area contributed by atoms with Crippen molar-refractivity contribution in [1.29, 1.82) is 0 Å². The monoisotopic (exact) mass is 352 g/mol. The molecular formula is C17H22ClFN4O. The third-order valence-corrected chi connectivity index (χ3v) is 4.15. The number of aromatic nitrogens is 2. The third-order valence-electron chi connectivity index (χ3n) is 4.15. The lowest BCUT2D eigenvalue weighted by atomic mass is 10.1. The summed E-state index contributed by atoms with van der Waals surface area (Å²) >= 11 is 0. The van der Waals surface area contributed by atoms with Crippen LogP contribution >= 0.6 is 12.4 Å². The summed E-state index contributed by atoms with van der Waals surface area (Å²) in [5.41, 5.74) is 1.91. The molecule has 1 amide bonds. The number of halogens is 2. The average Bonchev–Trinajstić information content (AvgIpc) is 3.24. The number of hydrogen-bond donors (Lipinski definition) is 2. The van der Waals surface area contributed by atoms with Crippen LogP contribution in [0.2, 0.25) is 0 Å². The molecule has 1 aliphatic heterocycles. The molecule has 1 saturated heterocycles. The molecule has 0 aliphatic carbocycles. The Balaban J connectivity index is 0.00000208. The van der Waals surface area contributed by atoms with Crippen LogP contribution in [0.25, 0.3) is 11.3 Å². The fourth-order valence-corrected chi connectivity index (χ4v) is 2.95. The molecular weight excluding hydrogens is 331 g/mol.